The Labute approximate surface area is 124 Å². The van der Waals surface area contributed by atoms with Crippen LogP contribution in [0, 0.1) is 5.92 Å². The number of nitrogen functional groups attached to an aromatic ring is 1. The molecule has 0 spiro atoms. The summed E-state index contributed by atoms with van der Waals surface area (Å²) < 4.78 is 1.76. The minimum atomic E-state index is 0.644. The van der Waals surface area contributed by atoms with Gasteiger partial charge < -0.3 is 5.43 Å². The van der Waals surface area contributed by atoms with E-state index in [1.165, 1.54) is 12.8 Å². The molecule has 7 nitrogen and oxygen atoms in total. The fourth-order valence-electron chi connectivity index (χ4n) is 2.66. The summed E-state index contributed by atoms with van der Waals surface area (Å²) in [5, 5.41) is 5.08. The molecule has 1 aliphatic carbocycles. The number of hydrazine groups is 1. The van der Waals surface area contributed by atoms with Gasteiger partial charge in [0.15, 0.2) is 11.5 Å². The third-order valence-corrected chi connectivity index (χ3v) is 3.89. The van der Waals surface area contributed by atoms with Gasteiger partial charge in [0.05, 0.1) is 18.1 Å². The molecule has 0 amide bonds. The van der Waals surface area contributed by atoms with Crippen LogP contribution in [-0.4, -0.2) is 37.7 Å². The van der Waals surface area contributed by atoms with Crippen LogP contribution in [0.5, 0.6) is 0 Å². The summed E-state index contributed by atoms with van der Waals surface area (Å²) in [5.41, 5.74) is 3.47. The maximum Gasteiger partial charge on any atom is 0.163 e. The average molecular weight is 289 g/mol. The van der Waals surface area contributed by atoms with Crippen LogP contribution in [0.15, 0.2) is 6.20 Å². The standard InChI is InChI=1S/C14H23N7/c1-3-6-21(8-10-4-5-10)9-12-17-13(19-15)11-7-16-20(2)14(11)18-12/h7,10H,3-6,8-9,15H2,1-2H3,(H,17,18,19). The summed E-state index contributed by atoms with van der Waals surface area (Å²) in [7, 11) is 1.88. The molecule has 0 aliphatic heterocycles. The van der Waals surface area contributed by atoms with Gasteiger partial charge in [-0.15, -0.1) is 0 Å². The summed E-state index contributed by atoms with van der Waals surface area (Å²) in [6, 6.07) is 0. The molecule has 1 fully saturated rings. The van der Waals surface area contributed by atoms with E-state index in [4.69, 9.17) is 5.84 Å². The molecule has 114 valence electrons. The SMILES string of the molecule is CCCN(Cc1nc(NN)c2cnn(C)c2n1)CC1CC1. The zero-order chi connectivity index (χ0) is 14.8. The number of fused-ring (bicyclic) bond motifs is 1. The quantitative estimate of drug-likeness (QED) is 0.590. The van der Waals surface area contributed by atoms with Crippen LogP contribution in [-0.2, 0) is 13.6 Å². The molecule has 2 aromatic heterocycles. The van der Waals surface area contributed by atoms with Crippen molar-refractivity contribution in [2.45, 2.75) is 32.7 Å². The van der Waals surface area contributed by atoms with Gasteiger partial charge in [0.25, 0.3) is 0 Å². The highest BCUT2D eigenvalue weighted by Crippen LogP contribution is 2.30. The number of nitrogens with two attached hydrogens (primary N) is 1. The minimum Gasteiger partial charge on any atom is -0.308 e. The van der Waals surface area contributed by atoms with E-state index < -0.39 is 0 Å². The lowest BCUT2D eigenvalue weighted by atomic mass is 10.3. The Hall–Kier alpha value is -1.73. The number of nitrogens with zero attached hydrogens (tertiary/aromatic N) is 5. The Morgan fingerprint density at radius 1 is 1.43 bits per heavy atom. The Kier molecular flexibility index (Phi) is 4.03. The summed E-state index contributed by atoms with van der Waals surface area (Å²) in [5.74, 6) is 7.89. The highest BCUT2D eigenvalue weighted by Gasteiger charge is 2.24. The highest BCUT2D eigenvalue weighted by atomic mass is 15.3. The molecule has 0 bridgehead atoms. The minimum absolute atomic E-state index is 0.644. The first-order chi connectivity index (χ1) is 10.2. The summed E-state index contributed by atoms with van der Waals surface area (Å²) in [4.78, 5) is 11.6. The van der Waals surface area contributed by atoms with E-state index >= 15 is 0 Å². The van der Waals surface area contributed by atoms with Gasteiger partial charge in [-0.2, -0.15) is 5.10 Å². The van der Waals surface area contributed by atoms with E-state index in [9.17, 15) is 0 Å². The lowest BCUT2D eigenvalue weighted by Crippen LogP contribution is -2.27. The Bertz CT molecular complexity index is 617. The van der Waals surface area contributed by atoms with Crippen molar-refractivity contribution in [3.8, 4) is 0 Å². The smallest absolute Gasteiger partial charge is 0.163 e. The molecule has 3 N–H and O–H groups in total. The summed E-state index contributed by atoms with van der Waals surface area (Å²) in [6.07, 6.45) is 5.60. The molecular formula is C14H23N7. The number of aromatic nitrogens is 4. The van der Waals surface area contributed by atoms with Crippen LogP contribution >= 0.6 is 0 Å². The number of anilines is 1. The van der Waals surface area contributed by atoms with Crippen LogP contribution in [0.3, 0.4) is 0 Å². The number of hydrogen-bond donors (Lipinski definition) is 2. The first kappa shape index (κ1) is 14.2. The maximum atomic E-state index is 5.58. The first-order valence-corrected chi connectivity index (χ1v) is 7.58. The highest BCUT2D eigenvalue weighted by molar-refractivity contribution is 5.86. The van der Waals surface area contributed by atoms with Gasteiger partial charge in [-0.3, -0.25) is 9.58 Å². The fourth-order valence-corrected chi connectivity index (χ4v) is 2.66. The van der Waals surface area contributed by atoms with Crippen molar-refractivity contribution in [1.29, 1.82) is 0 Å². The van der Waals surface area contributed by atoms with Gasteiger partial charge in [-0.1, -0.05) is 6.92 Å². The largest absolute Gasteiger partial charge is 0.308 e. The summed E-state index contributed by atoms with van der Waals surface area (Å²) >= 11 is 0. The molecule has 2 aromatic rings. The van der Waals surface area contributed by atoms with Crippen molar-refractivity contribution in [1.82, 2.24) is 24.6 Å². The van der Waals surface area contributed by atoms with E-state index in [-0.39, 0.29) is 0 Å². The third-order valence-electron chi connectivity index (χ3n) is 3.89. The van der Waals surface area contributed by atoms with Crippen molar-refractivity contribution in [2.75, 3.05) is 18.5 Å². The van der Waals surface area contributed by atoms with Gasteiger partial charge in [-0.25, -0.2) is 15.8 Å². The first-order valence-electron chi connectivity index (χ1n) is 7.58. The maximum absolute atomic E-state index is 5.58. The molecule has 7 heteroatoms. The van der Waals surface area contributed by atoms with Crippen molar-refractivity contribution in [3.05, 3.63) is 12.0 Å². The molecule has 0 atom stereocenters. The molecule has 21 heavy (non-hydrogen) atoms. The lowest BCUT2D eigenvalue weighted by molar-refractivity contribution is 0.249. The van der Waals surface area contributed by atoms with E-state index in [0.717, 1.165) is 48.8 Å². The summed E-state index contributed by atoms with van der Waals surface area (Å²) in [6.45, 7) is 5.19. The Morgan fingerprint density at radius 3 is 2.90 bits per heavy atom. The van der Waals surface area contributed by atoms with Crippen molar-refractivity contribution in [3.63, 3.8) is 0 Å². The predicted molar refractivity (Wildman–Crippen MR) is 82.4 cm³/mol. The predicted octanol–water partition coefficient (Wildman–Crippen LogP) is 1.27. The zero-order valence-electron chi connectivity index (χ0n) is 12.7. The van der Waals surface area contributed by atoms with Gasteiger partial charge in [-0.05, 0) is 31.7 Å². The molecule has 1 saturated carbocycles. The second-order valence-electron chi connectivity index (χ2n) is 5.82. The number of nitrogens with one attached hydrogen (secondary N) is 1. The van der Waals surface area contributed by atoms with Gasteiger partial charge in [0.1, 0.15) is 5.82 Å². The van der Waals surface area contributed by atoms with Crippen LogP contribution in [0.4, 0.5) is 5.82 Å². The van der Waals surface area contributed by atoms with Crippen molar-refractivity contribution < 1.29 is 0 Å². The number of hydrogen-bond acceptors (Lipinski definition) is 6. The molecule has 3 rings (SSSR count). The molecular weight excluding hydrogens is 266 g/mol. The second-order valence-corrected chi connectivity index (χ2v) is 5.82. The van der Waals surface area contributed by atoms with E-state index in [2.05, 4.69) is 32.3 Å². The zero-order valence-corrected chi connectivity index (χ0v) is 12.7. The molecule has 0 aromatic carbocycles. The van der Waals surface area contributed by atoms with Gasteiger partial charge in [0, 0.05) is 13.6 Å². The van der Waals surface area contributed by atoms with Gasteiger partial charge >= 0.3 is 0 Å². The molecule has 0 unspecified atom stereocenters. The van der Waals surface area contributed by atoms with Crippen LogP contribution in [0.1, 0.15) is 32.0 Å². The monoisotopic (exact) mass is 289 g/mol. The molecule has 1 aliphatic rings. The van der Waals surface area contributed by atoms with Crippen LogP contribution < -0.4 is 11.3 Å². The number of rotatable bonds is 7. The molecule has 0 radical (unpaired) electrons. The van der Waals surface area contributed by atoms with Crippen LogP contribution in [0.2, 0.25) is 0 Å². The van der Waals surface area contributed by atoms with Crippen LogP contribution in [0.25, 0.3) is 11.0 Å². The number of aryl methyl sites for hydroxylation is 1. The molecule has 0 saturated heterocycles. The Morgan fingerprint density at radius 2 is 2.24 bits per heavy atom. The van der Waals surface area contributed by atoms with E-state index in [1.54, 1.807) is 10.9 Å². The lowest BCUT2D eigenvalue weighted by Gasteiger charge is -2.20. The second kappa shape index (κ2) is 5.95. The topological polar surface area (TPSA) is 84.9 Å². The van der Waals surface area contributed by atoms with Gasteiger partial charge in [0.2, 0.25) is 0 Å². The third kappa shape index (κ3) is 3.14. The van der Waals surface area contributed by atoms with E-state index in [0.29, 0.717) is 5.82 Å². The molecule has 2 heterocycles. The van der Waals surface area contributed by atoms with Crippen molar-refractivity contribution >= 4 is 16.9 Å². The Balaban J connectivity index is 1.85. The normalized spacial score (nSPS) is 15.0. The van der Waals surface area contributed by atoms with E-state index in [1.807, 2.05) is 7.05 Å². The fraction of sp³-hybridized carbons (Fsp3) is 0.643. The average Bonchev–Trinajstić information content (AvgIpc) is 3.21. The van der Waals surface area contributed by atoms with Crippen molar-refractivity contribution in [2.24, 2.45) is 18.8 Å².